The molecule has 3 heterocycles. The Labute approximate surface area is 180 Å². The maximum Gasteiger partial charge on any atom is 0.437 e. The number of carbonyl (C=O) groups is 1. The number of halogens is 1. The number of fused-ring (bicyclic) bond motifs is 1. The number of para-hydroxylation sites is 1. The fraction of sp³-hybridized carbons (Fsp3) is 0.273. The molecule has 1 aliphatic heterocycles. The number of rotatable bonds is 4. The standard InChI is InChI=1S/C22H19FN4O3S/c23-16-9-7-14(8-10-16)20-25-27(22(29)30-20)13-19(28)26-11-3-4-15(12-26)21-24-17-5-1-2-6-18(17)31-21/h1-2,5-10,15H,3-4,11-13H2/t15-/m1/s1. The van der Waals surface area contributed by atoms with Crippen molar-refractivity contribution in [3.05, 3.63) is 69.9 Å². The van der Waals surface area contributed by atoms with Crippen LogP contribution in [-0.2, 0) is 11.3 Å². The number of benzene rings is 2. The Hall–Kier alpha value is -3.33. The zero-order chi connectivity index (χ0) is 21.4. The van der Waals surface area contributed by atoms with Gasteiger partial charge in [-0.1, -0.05) is 12.1 Å². The maximum atomic E-state index is 13.1. The normalized spacial score (nSPS) is 16.7. The first-order chi connectivity index (χ1) is 15.1. The Morgan fingerprint density at radius 1 is 1.19 bits per heavy atom. The predicted octanol–water partition coefficient (Wildman–Crippen LogP) is 3.66. The molecule has 4 aromatic rings. The van der Waals surface area contributed by atoms with Gasteiger partial charge in [0.15, 0.2) is 0 Å². The van der Waals surface area contributed by atoms with E-state index in [2.05, 4.69) is 11.2 Å². The molecule has 1 aliphatic rings. The number of piperidine rings is 1. The van der Waals surface area contributed by atoms with E-state index in [0.29, 0.717) is 18.7 Å². The van der Waals surface area contributed by atoms with Crippen LogP contribution in [0.3, 0.4) is 0 Å². The van der Waals surface area contributed by atoms with Crippen molar-refractivity contribution in [3.63, 3.8) is 0 Å². The van der Waals surface area contributed by atoms with Gasteiger partial charge < -0.3 is 9.32 Å². The highest BCUT2D eigenvalue weighted by Crippen LogP contribution is 2.33. The first-order valence-corrected chi connectivity index (χ1v) is 10.9. The summed E-state index contributed by atoms with van der Waals surface area (Å²) in [6.45, 7) is 1.00. The highest BCUT2D eigenvalue weighted by Gasteiger charge is 2.27. The maximum absolute atomic E-state index is 13.1. The summed E-state index contributed by atoms with van der Waals surface area (Å²) in [6, 6.07) is 13.5. The predicted molar refractivity (Wildman–Crippen MR) is 114 cm³/mol. The second-order valence-electron chi connectivity index (χ2n) is 7.54. The van der Waals surface area contributed by atoms with Crippen LogP contribution in [0.25, 0.3) is 21.7 Å². The van der Waals surface area contributed by atoms with Crippen LogP contribution in [0.5, 0.6) is 0 Å². The highest BCUT2D eigenvalue weighted by atomic mass is 32.1. The topological polar surface area (TPSA) is 81.2 Å². The van der Waals surface area contributed by atoms with Crippen molar-refractivity contribution in [3.8, 4) is 11.5 Å². The Kier molecular flexibility index (Phi) is 5.11. The molecule has 158 valence electrons. The minimum Gasteiger partial charge on any atom is -0.388 e. The van der Waals surface area contributed by atoms with E-state index in [1.165, 1.54) is 24.3 Å². The second-order valence-corrected chi connectivity index (χ2v) is 8.60. The van der Waals surface area contributed by atoms with Crippen LogP contribution in [0.4, 0.5) is 4.39 Å². The summed E-state index contributed by atoms with van der Waals surface area (Å²) in [4.78, 5) is 31.5. The molecule has 1 amide bonds. The molecule has 0 N–H and O–H groups in total. The van der Waals surface area contributed by atoms with Gasteiger partial charge in [0.1, 0.15) is 12.4 Å². The number of thiazole rings is 1. The number of nitrogens with zero attached hydrogens (tertiary/aromatic N) is 4. The Morgan fingerprint density at radius 3 is 2.81 bits per heavy atom. The van der Waals surface area contributed by atoms with Gasteiger partial charge in [0.25, 0.3) is 0 Å². The van der Waals surface area contributed by atoms with Gasteiger partial charge in [-0.05, 0) is 49.2 Å². The molecule has 1 atom stereocenters. The number of hydrogen-bond acceptors (Lipinski definition) is 6. The Morgan fingerprint density at radius 2 is 2.00 bits per heavy atom. The van der Waals surface area contributed by atoms with Crippen molar-refractivity contribution in [2.45, 2.75) is 25.3 Å². The highest BCUT2D eigenvalue weighted by molar-refractivity contribution is 7.18. The Bertz CT molecular complexity index is 1260. The second kappa shape index (κ2) is 8.07. The van der Waals surface area contributed by atoms with Gasteiger partial charge in [-0.15, -0.1) is 16.4 Å². The van der Waals surface area contributed by atoms with Gasteiger partial charge in [0.05, 0.1) is 15.2 Å². The quantitative estimate of drug-likeness (QED) is 0.486. The molecule has 5 rings (SSSR count). The monoisotopic (exact) mass is 438 g/mol. The van der Waals surface area contributed by atoms with Crippen molar-refractivity contribution in [2.24, 2.45) is 0 Å². The molecule has 7 nitrogen and oxygen atoms in total. The van der Waals surface area contributed by atoms with Crippen molar-refractivity contribution in [1.29, 1.82) is 0 Å². The SMILES string of the molecule is O=C(Cn1nc(-c2ccc(F)cc2)oc1=O)N1CCC[C@@H](c2nc3ccccc3s2)C1. The molecule has 1 fully saturated rings. The summed E-state index contributed by atoms with van der Waals surface area (Å²) >= 11 is 1.67. The number of aromatic nitrogens is 3. The van der Waals surface area contributed by atoms with Crippen LogP contribution in [0, 0.1) is 5.82 Å². The van der Waals surface area contributed by atoms with Crippen LogP contribution in [0.1, 0.15) is 23.8 Å². The number of amides is 1. The zero-order valence-electron chi connectivity index (χ0n) is 16.5. The van der Waals surface area contributed by atoms with Crippen LogP contribution in [0.15, 0.2) is 57.7 Å². The molecule has 0 unspecified atom stereocenters. The lowest BCUT2D eigenvalue weighted by Gasteiger charge is -2.31. The third-order valence-corrected chi connectivity index (χ3v) is 6.62. The number of likely N-dealkylation sites (tertiary alicyclic amines) is 1. The van der Waals surface area contributed by atoms with Crippen LogP contribution in [0.2, 0.25) is 0 Å². The van der Waals surface area contributed by atoms with E-state index >= 15 is 0 Å². The molecular weight excluding hydrogens is 419 g/mol. The molecule has 2 aromatic carbocycles. The van der Waals surface area contributed by atoms with E-state index in [0.717, 1.165) is 32.7 Å². The van der Waals surface area contributed by atoms with Crippen LogP contribution in [-0.4, -0.2) is 38.7 Å². The summed E-state index contributed by atoms with van der Waals surface area (Å²) in [5.74, 6) is -1.06. The van der Waals surface area contributed by atoms with E-state index < -0.39 is 11.6 Å². The lowest BCUT2D eigenvalue weighted by atomic mass is 9.98. The Balaban J connectivity index is 1.30. The van der Waals surface area contributed by atoms with Gasteiger partial charge in [-0.25, -0.2) is 14.2 Å². The van der Waals surface area contributed by atoms with E-state index in [-0.39, 0.29) is 24.3 Å². The van der Waals surface area contributed by atoms with E-state index in [9.17, 15) is 14.0 Å². The molecule has 1 saturated heterocycles. The minimum atomic E-state index is -0.715. The first kappa shape index (κ1) is 19.6. The van der Waals surface area contributed by atoms with E-state index in [1.807, 2.05) is 18.2 Å². The average Bonchev–Trinajstić information content (AvgIpc) is 3.38. The van der Waals surface area contributed by atoms with Crippen LogP contribution < -0.4 is 5.76 Å². The third-order valence-electron chi connectivity index (χ3n) is 5.42. The lowest BCUT2D eigenvalue weighted by molar-refractivity contribution is -0.133. The first-order valence-electron chi connectivity index (χ1n) is 10.0. The fourth-order valence-corrected chi connectivity index (χ4v) is 4.91. The lowest BCUT2D eigenvalue weighted by Crippen LogP contribution is -2.42. The summed E-state index contributed by atoms with van der Waals surface area (Å²) in [5.41, 5.74) is 1.45. The molecule has 31 heavy (non-hydrogen) atoms. The fourth-order valence-electron chi connectivity index (χ4n) is 3.81. The summed E-state index contributed by atoms with van der Waals surface area (Å²) in [5, 5.41) is 5.15. The third kappa shape index (κ3) is 4.00. The zero-order valence-corrected chi connectivity index (χ0v) is 17.3. The van der Waals surface area contributed by atoms with Gasteiger partial charge in [0.2, 0.25) is 11.8 Å². The van der Waals surface area contributed by atoms with Crippen molar-refractivity contribution in [1.82, 2.24) is 19.7 Å². The minimum absolute atomic E-state index is 0.0591. The van der Waals surface area contributed by atoms with Crippen molar-refractivity contribution in [2.75, 3.05) is 13.1 Å². The smallest absolute Gasteiger partial charge is 0.388 e. The van der Waals surface area contributed by atoms with Gasteiger partial charge >= 0.3 is 5.76 Å². The molecule has 0 aliphatic carbocycles. The summed E-state index contributed by atoms with van der Waals surface area (Å²) in [6.07, 6.45) is 1.85. The van der Waals surface area contributed by atoms with Gasteiger partial charge in [-0.2, -0.15) is 4.68 Å². The van der Waals surface area contributed by atoms with Gasteiger partial charge in [-0.3, -0.25) is 4.79 Å². The molecule has 2 aromatic heterocycles. The van der Waals surface area contributed by atoms with E-state index in [4.69, 9.17) is 9.40 Å². The van der Waals surface area contributed by atoms with Crippen molar-refractivity contribution >= 4 is 27.5 Å². The molecule has 0 bridgehead atoms. The molecule has 0 radical (unpaired) electrons. The van der Waals surface area contributed by atoms with Crippen LogP contribution >= 0.6 is 11.3 Å². The van der Waals surface area contributed by atoms with Crippen molar-refractivity contribution < 1.29 is 13.6 Å². The number of carbonyl (C=O) groups excluding carboxylic acids is 1. The summed E-state index contributed by atoms with van der Waals surface area (Å²) in [7, 11) is 0. The number of hydrogen-bond donors (Lipinski definition) is 0. The van der Waals surface area contributed by atoms with Gasteiger partial charge in [0, 0.05) is 24.6 Å². The molecular formula is C22H19FN4O3S. The molecule has 9 heteroatoms. The molecule has 0 saturated carbocycles. The summed E-state index contributed by atoms with van der Waals surface area (Å²) < 4.78 is 20.4. The van der Waals surface area contributed by atoms with E-state index in [1.54, 1.807) is 16.2 Å². The average molecular weight is 438 g/mol. The largest absolute Gasteiger partial charge is 0.437 e. The molecule has 0 spiro atoms.